The second-order valence-electron chi connectivity index (χ2n) is 3.41. The van der Waals surface area contributed by atoms with Gasteiger partial charge in [0.2, 0.25) is 5.88 Å². The van der Waals surface area contributed by atoms with Crippen molar-refractivity contribution in [3.8, 4) is 5.88 Å². The Morgan fingerprint density at radius 2 is 1.88 bits per heavy atom. The molecule has 0 aliphatic carbocycles. The molecule has 0 spiro atoms. The molecule has 0 aliphatic heterocycles. The highest BCUT2D eigenvalue weighted by Crippen LogP contribution is 2.11. The first-order valence-electron chi connectivity index (χ1n) is 5.09. The summed E-state index contributed by atoms with van der Waals surface area (Å²) in [6.07, 6.45) is 0. The fraction of sp³-hybridized carbons (Fsp3) is 0.0769. The molecule has 3 nitrogen and oxygen atoms in total. The summed E-state index contributed by atoms with van der Waals surface area (Å²) in [5.41, 5.74) is 1.23. The number of rotatable bonds is 4. The van der Waals surface area contributed by atoms with E-state index < -0.39 is 5.24 Å². The van der Waals surface area contributed by atoms with Crippen LogP contribution in [0.2, 0.25) is 0 Å². The van der Waals surface area contributed by atoms with Gasteiger partial charge in [-0.25, -0.2) is 4.98 Å². The van der Waals surface area contributed by atoms with Crippen LogP contribution in [-0.2, 0) is 6.61 Å². The molecular formula is C13H10ClNO2. The Bertz CT molecular complexity index is 514. The summed E-state index contributed by atoms with van der Waals surface area (Å²) in [6.45, 7) is 0.410. The Labute approximate surface area is 104 Å². The molecule has 0 N–H and O–H groups in total. The predicted molar refractivity (Wildman–Crippen MR) is 65.2 cm³/mol. The van der Waals surface area contributed by atoms with Crippen molar-refractivity contribution < 1.29 is 9.53 Å². The van der Waals surface area contributed by atoms with Crippen LogP contribution >= 0.6 is 11.6 Å². The Balaban J connectivity index is 2.04. The van der Waals surface area contributed by atoms with Crippen LogP contribution in [0.5, 0.6) is 5.88 Å². The molecule has 0 fully saturated rings. The number of halogens is 1. The average molecular weight is 248 g/mol. The van der Waals surface area contributed by atoms with Crippen molar-refractivity contribution in [2.45, 2.75) is 6.61 Å². The molecule has 0 saturated carbocycles. The maximum absolute atomic E-state index is 10.9. The van der Waals surface area contributed by atoms with E-state index >= 15 is 0 Å². The lowest BCUT2D eigenvalue weighted by molar-refractivity contribution is 0.107. The van der Waals surface area contributed by atoms with Crippen LogP contribution in [0.25, 0.3) is 0 Å². The predicted octanol–water partition coefficient (Wildman–Crippen LogP) is 3.04. The lowest BCUT2D eigenvalue weighted by Crippen LogP contribution is -2.00. The third-order valence-corrected chi connectivity index (χ3v) is 2.35. The highest BCUT2D eigenvalue weighted by molar-refractivity contribution is 6.67. The largest absolute Gasteiger partial charge is 0.473 e. The van der Waals surface area contributed by atoms with E-state index in [1.807, 2.05) is 30.3 Å². The SMILES string of the molecule is O=C(Cl)c1cccc(OCc2ccccc2)n1. The average Bonchev–Trinajstić information content (AvgIpc) is 2.38. The molecule has 0 atom stereocenters. The molecule has 2 rings (SSSR count). The molecular weight excluding hydrogens is 238 g/mol. The lowest BCUT2D eigenvalue weighted by atomic mass is 10.2. The molecule has 0 amide bonds. The fourth-order valence-corrected chi connectivity index (χ4v) is 1.44. The van der Waals surface area contributed by atoms with Crippen molar-refractivity contribution in [2.75, 3.05) is 0 Å². The van der Waals surface area contributed by atoms with Gasteiger partial charge in [-0.1, -0.05) is 36.4 Å². The van der Waals surface area contributed by atoms with Gasteiger partial charge in [-0.3, -0.25) is 4.79 Å². The van der Waals surface area contributed by atoms with Gasteiger partial charge in [0.05, 0.1) is 0 Å². The molecule has 0 saturated heterocycles. The van der Waals surface area contributed by atoms with Crippen molar-refractivity contribution >= 4 is 16.8 Å². The Morgan fingerprint density at radius 1 is 1.12 bits per heavy atom. The van der Waals surface area contributed by atoms with E-state index in [0.29, 0.717) is 12.5 Å². The number of ether oxygens (including phenoxy) is 1. The maximum Gasteiger partial charge on any atom is 0.270 e. The van der Waals surface area contributed by atoms with Crippen LogP contribution in [0.3, 0.4) is 0 Å². The van der Waals surface area contributed by atoms with Crippen molar-refractivity contribution in [1.29, 1.82) is 0 Å². The number of pyridine rings is 1. The minimum absolute atomic E-state index is 0.192. The summed E-state index contributed by atoms with van der Waals surface area (Å²) in [4.78, 5) is 14.9. The van der Waals surface area contributed by atoms with Gasteiger partial charge in [-0.2, -0.15) is 0 Å². The number of aromatic nitrogens is 1. The van der Waals surface area contributed by atoms with E-state index in [-0.39, 0.29) is 5.69 Å². The number of carbonyl (C=O) groups is 1. The van der Waals surface area contributed by atoms with Crippen molar-refractivity contribution in [2.24, 2.45) is 0 Å². The van der Waals surface area contributed by atoms with Gasteiger partial charge in [0, 0.05) is 6.07 Å². The van der Waals surface area contributed by atoms with Gasteiger partial charge in [0.15, 0.2) is 0 Å². The standard InChI is InChI=1S/C13H10ClNO2/c14-13(16)11-7-4-8-12(15-11)17-9-10-5-2-1-3-6-10/h1-8H,9H2. The highest BCUT2D eigenvalue weighted by atomic mass is 35.5. The molecule has 0 bridgehead atoms. The summed E-state index contributed by atoms with van der Waals surface area (Å²) in [7, 11) is 0. The van der Waals surface area contributed by atoms with E-state index in [0.717, 1.165) is 5.56 Å². The topological polar surface area (TPSA) is 39.2 Å². The molecule has 1 heterocycles. The second-order valence-corrected chi connectivity index (χ2v) is 3.75. The van der Waals surface area contributed by atoms with Gasteiger partial charge in [0.1, 0.15) is 12.3 Å². The number of nitrogens with zero attached hydrogens (tertiary/aromatic N) is 1. The lowest BCUT2D eigenvalue weighted by Gasteiger charge is -2.05. The van der Waals surface area contributed by atoms with E-state index in [1.54, 1.807) is 18.2 Å². The van der Waals surface area contributed by atoms with Crippen LogP contribution < -0.4 is 4.74 Å². The maximum atomic E-state index is 10.9. The van der Waals surface area contributed by atoms with Crippen molar-refractivity contribution in [3.05, 3.63) is 59.8 Å². The molecule has 17 heavy (non-hydrogen) atoms. The zero-order chi connectivity index (χ0) is 12.1. The van der Waals surface area contributed by atoms with Gasteiger partial charge < -0.3 is 4.74 Å². The van der Waals surface area contributed by atoms with Gasteiger partial charge in [-0.05, 0) is 23.2 Å². The Hall–Kier alpha value is -1.87. The summed E-state index contributed by atoms with van der Waals surface area (Å²) >= 11 is 5.34. The number of benzene rings is 1. The highest BCUT2D eigenvalue weighted by Gasteiger charge is 2.04. The number of hydrogen-bond donors (Lipinski definition) is 0. The molecule has 1 aromatic heterocycles. The zero-order valence-electron chi connectivity index (χ0n) is 8.97. The van der Waals surface area contributed by atoms with Crippen LogP contribution in [-0.4, -0.2) is 10.2 Å². The summed E-state index contributed by atoms with van der Waals surface area (Å²) in [6, 6.07) is 14.6. The molecule has 86 valence electrons. The van der Waals surface area contributed by atoms with Gasteiger partial charge in [0.25, 0.3) is 5.24 Å². The Morgan fingerprint density at radius 3 is 2.59 bits per heavy atom. The van der Waals surface area contributed by atoms with Crippen LogP contribution in [0.15, 0.2) is 48.5 Å². The van der Waals surface area contributed by atoms with E-state index in [1.165, 1.54) is 0 Å². The minimum atomic E-state index is -0.588. The summed E-state index contributed by atoms with van der Waals surface area (Å²) < 4.78 is 5.46. The monoisotopic (exact) mass is 247 g/mol. The van der Waals surface area contributed by atoms with E-state index in [2.05, 4.69) is 4.98 Å². The molecule has 0 unspecified atom stereocenters. The third kappa shape index (κ3) is 3.29. The number of hydrogen-bond acceptors (Lipinski definition) is 3. The van der Waals surface area contributed by atoms with Crippen molar-refractivity contribution in [3.63, 3.8) is 0 Å². The quantitative estimate of drug-likeness (QED) is 0.780. The molecule has 1 aromatic carbocycles. The van der Waals surface area contributed by atoms with Gasteiger partial charge >= 0.3 is 0 Å². The van der Waals surface area contributed by atoms with Crippen LogP contribution in [0.4, 0.5) is 0 Å². The minimum Gasteiger partial charge on any atom is -0.473 e. The molecule has 4 heteroatoms. The van der Waals surface area contributed by atoms with E-state index in [9.17, 15) is 4.79 Å². The first-order valence-corrected chi connectivity index (χ1v) is 5.47. The molecule has 2 aromatic rings. The zero-order valence-corrected chi connectivity index (χ0v) is 9.72. The first kappa shape index (κ1) is 11.6. The summed E-state index contributed by atoms with van der Waals surface area (Å²) in [5, 5.41) is -0.588. The molecule has 0 radical (unpaired) electrons. The van der Waals surface area contributed by atoms with Crippen LogP contribution in [0, 0.1) is 0 Å². The molecule has 0 aliphatic rings. The van der Waals surface area contributed by atoms with Gasteiger partial charge in [-0.15, -0.1) is 0 Å². The van der Waals surface area contributed by atoms with Crippen LogP contribution in [0.1, 0.15) is 16.1 Å². The fourth-order valence-electron chi connectivity index (χ4n) is 1.34. The smallest absolute Gasteiger partial charge is 0.270 e. The second kappa shape index (κ2) is 5.46. The Kier molecular flexibility index (Phi) is 3.73. The number of carbonyl (C=O) groups excluding carboxylic acids is 1. The first-order chi connectivity index (χ1) is 8.25. The van der Waals surface area contributed by atoms with E-state index in [4.69, 9.17) is 16.3 Å². The van der Waals surface area contributed by atoms with Crippen molar-refractivity contribution in [1.82, 2.24) is 4.98 Å². The third-order valence-electron chi connectivity index (χ3n) is 2.15. The normalized spacial score (nSPS) is 9.94. The summed E-state index contributed by atoms with van der Waals surface area (Å²) in [5.74, 6) is 0.389.